The number of hydrogen-bond donors (Lipinski definition) is 1. The lowest BCUT2D eigenvalue weighted by Crippen LogP contribution is -2.36. The topological polar surface area (TPSA) is 46.2 Å². The molecule has 1 rings (SSSR count). The van der Waals surface area contributed by atoms with Crippen LogP contribution in [-0.2, 0) is 12.6 Å². The third-order valence-corrected chi connectivity index (χ3v) is 1.81. The number of rotatable bonds is 3. The van der Waals surface area contributed by atoms with Gasteiger partial charge in [0.05, 0.1) is 33.9 Å². The van der Waals surface area contributed by atoms with Gasteiger partial charge in [0, 0.05) is 6.54 Å². The first-order valence-corrected chi connectivity index (χ1v) is 5.62. The summed E-state index contributed by atoms with van der Waals surface area (Å²) < 4.78 is 1.00. The Hall–Kier alpha value is -0.940. The number of quaternary nitrogens is 1. The van der Waals surface area contributed by atoms with Crippen molar-refractivity contribution in [2.24, 2.45) is 0 Å². The lowest BCUT2D eigenvalue weighted by Gasteiger charge is -2.15. The van der Waals surface area contributed by atoms with Gasteiger partial charge in [-0.2, -0.15) is 0 Å². The van der Waals surface area contributed by atoms with Gasteiger partial charge >= 0.3 is 0 Å². The average molecular weight is 244 g/mol. The zero-order valence-corrected chi connectivity index (χ0v) is 11.4. The summed E-state index contributed by atoms with van der Waals surface area (Å²) in [6.45, 7) is 2.66. The fraction of sp³-hybridized carbons (Fsp3) is 0.636. The second-order valence-corrected chi connectivity index (χ2v) is 5.38. The summed E-state index contributed by atoms with van der Waals surface area (Å²) in [6, 6.07) is 0. The molecule has 0 unspecified atom stereocenters. The predicted molar refractivity (Wildman–Crippen MR) is 69.7 cm³/mol. The predicted octanol–water partition coefficient (Wildman–Crippen LogP) is 0.333. The maximum absolute atomic E-state index is 10.7. The minimum Gasteiger partial charge on any atom is -0.774 e. The summed E-state index contributed by atoms with van der Waals surface area (Å²) in [5.41, 5.74) is -0.672. The lowest BCUT2D eigenvalue weighted by atomic mass is 10.2. The molecule has 0 aliphatic carbocycles. The Morgan fingerprint density at radius 1 is 1.12 bits per heavy atom. The molecule has 0 bridgehead atoms. The van der Waals surface area contributed by atoms with Gasteiger partial charge in [0.15, 0.2) is 0 Å². The van der Waals surface area contributed by atoms with E-state index in [-0.39, 0.29) is 4.90 Å². The number of anilines is 1. The molecule has 0 atom stereocenters. The highest BCUT2D eigenvalue weighted by Crippen LogP contribution is 2.04. The van der Waals surface area contributed by atoms with Crippen molar-refractivity contribution in [2.75, 3.05) is 40.1 Å². The second kappa shape index (κ2) is 5.96. The summed E-state index contributed by atoms with van der Waals surface area (Å²) in [7, 11) is 8.50. The average Bonchev–Trinajstić information content (AvgIpc) is 2.15. The summed E-state index contributed by atoms with van der Waals surface area (Å²) in [5, 5.41) is 2.80. The SMILES string of the molecule is CCCNc1c([S-])c(=O)c1=O.C[N+](C)(C)C. The van der Waals surface area contributed by atoms with Gasteiger partial charge in [-0.15, -0.1) is 0 Å². The van der Waals surface area contributed by atoms with Crippen molar-refractivity contribution in [1.29, 1.82) is 0 Å². The van der Waals surface area contributed by atoms with E-state index in [4.69, 9.17) is 0 Å². The van der Waals surface area contributed by atoms with Crippen molar-refractivity contribution in [3.8, 4) is 0 Å². The van der Waals surface area contributed by atoms with Crippen LogP contribution in [0.4, 0.5) is 5.69 Å². The minimum absolute atomic E-state index is 0.156. The van der Waals surface area contributed by atoms with Gasteiger partial charge in [-0.25, -0.2) is 0 Å². The van der Waals surface area contributed by atoms with E-state index in [1.807, 2.05) is 6.92 Å². The van der Waals surface area contributed by atoms with E-state index in [1.54, 1.807) is 0 Å². The van der Waals surface area contributed by atoms with Crippen LogP contribution in [0, 0.1) is 0 Å². The second-order valence-electron chi connectivity index (χ2n) is 4.97. The largest absolute Gasteiger partial charge is 0.774 e. The van der Waals surface area contributed by atoms with Gasteiger partial charge < -0.3 is 22.4 Å². The van der Waals surface area contributed by atoms with Crippen molar-refractivity contribution in [1.82, 2.24) is 0 Å². The molecular weight excluding hydrogens is 224 g/mol. The highest BCUT2D eigenvalue weighted by molar-refractivity contribution is 7.59. The minimum atomic E-state index is -0.529. The molecule has 5 heteroatoms. The van der Waals surface area contributed by atoms with Crippen molar-refractivity contribution in [3.05, 3.63) is 20.4 Å². The molecule has 4 nitrogen and oxygen atoms in total. The van der Waals surface area contributed by atoms with Crippen LogP contribution >= 0.6 is 0 Å². The quantitative estimate of drug-likeness (QED) is 0.473. The molecule has 0 aromatic heterocycles. The molecule has 1 N–H and O–H groups in total. The zero-order chi connectivity index (χ0) is 12.9. The molecule has 0 heterocycles. The van der Waals surface area contributed by atoms with Crippen molar-refractivity contribution in [2.45, 2.75) is 18.2 Å². The monoisotopic (exact) mass is 244 g/mol. The Labute approximate surface area is 102 Å². The third kappa shape index (κ3) is 5.23. The van der Waals surface area contributed by atoms with E-state index >= 15 is 0 Å². The van der Waals surface area contributed by atoms with Gasteiger partial charge in [0.25, 0.3) is 0 Å². The first kappa shape index (κ1) is 15.1. The van der Waals surface area contributed by atoms with Gasteiger partial charge in [-0.05, 0) is 6.42 Å². The molecule has 16 heavy (non-hydrogen) atoms. The summed E-state index contributed by atoms with van der Waals surface area (Å²) in [4.78, 5) is 21.5. The van der Waals surface area contributed by atoms with Crippen LogP contribution in [0.3, 0.4) is 0 Å². The Kier molecular flexibility index (Phi) is 5.61. The van der Waals surface area contributed by atoms with Crippen LogP contribution in [0.2, 0.25) is 0 Å². The highest BCUT2D eigenvalue weighted by Gasteiger charge is 2.09. The smallest absolute Gasteiger partial charge is 0.245 e. The molecule has 1 aromatic rings. The van der Waals surface area contributed by atoms with E-state index in [0.717, 1.165) is 10.9 Å². The molecule has 0 amide bonds. The Bertz CT molecular complexity index is 394. The summed E-state index contributed by atoms with van der Waals surface area (Å²) in [5.74, 6) is 0. The van der Waals surface area contributed by atoms with Gasteiger partial charge in [0.2, 0.25) is 10.9 Å². The van der Waals surface area contributed by atoms with Crippen LogP contribution in [0.5, 0.6) is 0 Å². The van der Waals surface area contributed by atoms with E-state index in [9.17, 15) is 9.59 Å². The molecule has 0 aliphatic heterocycles. The molecule has 0 spiro atoms. The van der Waals surface area contributed by atoms with Crippen molar-refractivity contribution >= 4 is 18.3 Å². The summed E-state index contributed by atoms with van der Waals surface area (Å²) >= 11 is 4.65. The van der Waals surface area contributed by atoms with Crippen LogP contribution < -0.4 is 16.2 Å². The normalized spacial score (nSPS) is 10.8. The molecule has 0 aliphatic rings. The first-order valence-electron chi connectivity index (χ1n) is 5.21. The number of hydrogen-bond acceptors (Lipinski definition) is 4. The molecule has 0 saturated heterocycles. The van der Waals surface area contributed by atoms with Gasteiger partial charge in [-0.1, -0.05) is 11.8 Å². The first-order chi connectivity index (χ1) is 7.18. The fourth-order valence-electron chi connectivity index (χ4n) is 0.781. The molecular formula is C11H20N2O2S. The van der Waals surface area contributed by atoms with Gasteiger partial charge in [0.1, 0.15) is 0 Å². The maximum Gasteiger partial charge on any atom is 0.245 e. The molecule has 0 saturated carbocycles. The van der Waals surface area contributed by atoms with E-state index < -0.39 is 10.9 Å². The van der Waals surface area contributed by atoms with E-state index in [2.05, 4.69) is 46.1 Å². The standard InChI is InChI=1S/C7H9NO2S.C4H12N/c1-2-3-8-4-5(9)6(10)7(4)11;1-5(2,3)4/h8,11H,2-3H2,1H3;1-4H3/q;+1/p-1. The lowest BCUT2D eigenvalue weighted by molar-refractivity contribution is -0.849. The van der Waals surface area contributed by atoms with Crippen molar-refractivity contribution < 1.29 is 4.48 Å². The molecule has 0 radical (unpaired) electrons. The van der Waals surface area contributed by atoms with Crippen LogP contribution in [0.15, 0.2) is 14.5 Å². The molecule has 92 valence electrons. The van der Waals surface area contributed by atoms with E-state index in [0.29, 0.717) is 12.2 Å². The van der Waals surface area contributed by atoms with Crippen LogP contribution in [0.25, 0.3) is 0 Å². The summed E-state index contributed by atoms with van der Waals surface area (Å²) in [6.07, 6.45) is 0.910. The Morgan fingerprint density at radius 2 is 1.56 bits per heavy atom. The Balaban J connectivity index is 0.000000385. The highest BCUT2D eigenvalue weighted by atomic mass is 32.1. The van der Waals surface area contributed by atoms with Crippen LogP contribution in [0.1, 0.15) is 13.3 Å². The molecule has 1 aromatic carbocycles. The number of nitrogens with one attached hydrogen (secondary N) is 1. The van der Waals surface area contributed by atoms with E-state index in [1.165, 1.54) is 0 Å². The maximum atomic E-state index is 10.7. The van der Waals surface area contributed by atoms with Gasteiger partial charge in [-0.3, -0.25) is 9.59 Å². The number of nitrogens with zero attached hydrogens (tertiary/aromatic N) is 1. The third-order valence-electron chi connectivity index (χ3n) is 1.42. The Morgan fingerprint density at radius 3 is 1.88 bits per heavy atom. The molecule has 0 fully saturated rings. The van der Waals surface area contributed by atoms with Crippen LogP contribution in [-0.4, -0.2) is 39.2 Å². The zero-order valence-electron chi connectivity index (χ0n) is 10.6. The van der Waals surface area contributed by atoms with Crippen molar-refractivity contribution in [3.63, 3.8) is 0 Å². The fourth-order valence-corrected chi connectivity index (χ4v) is 1.04.